The number of hydrogen-bond donors (Lipinski definition) is 2. The van der Waals surface area contributed by atoms with Gasteiger partial charge in [0.25, 0.3) is 0 Å². The Kier molecular flexibility index (Phi) is 6.18. The van der Waals surface area contributed by atoms with E-state index in [1.54, 1.807) is 0 Å². The standard InChI is InChI=1S/C7H15NO2/c1-2-3-4-5-7(9)6-8-10/h6-7,9-10H,2-5H2,1H3/b8-6+/t7-/m1/s1. The molecule has 0 bridgehead atoms. The number of oxime groups is 1. The summed E-state index contributed by atoms with van der Waals surface area (Å²) in [5, 5.41) is 19.7. The Hall–Kier alpha value is -0.570. The largest absolute Gasteiger partial charge is 0.411 e. The average Bonchev–Trinajstić information content (AvgIpc) is 1.89. The summed E-state index contributed by atoms with van der Waals surface area (Å²) in [4.78, 5) is 0. The molecule has 0 saturated carbocycles. The second-order valence-electron chi connectivity index (χ2n) is 2.33. The first-order chi connectivity index (χ1) is 4.81. The third-order valence-corrected chi connectivity index (χ3v) is 1.34. The second kappa shape index (κ2) is 6.55. The van der Waals surface area contributed by atoms with Crippen LogP contribution in [0.4, 0.5) is 0 Å². The van der Waals surface area contributed by atoms with Crippen LogP contribution >= 0.6 is 0 Å². The van der Waals surface area contributed by atoms with Crippen molar-refractivity contribution in [2.24, 2.45) is 5.16 Å². The van der Waals surface area contributed by atoms with Crippen LogP contribution in [0.15, 0.2) is 5.16 Å². The Labute approximate surface area is 61.4 Å². The summed E-state index contributed by atoms with van der Waals surface area (Å²) in [5.74, 6) is 0. The van der Waals surface area contributed by atoms with Crippen molar-refractivity contribution in [2.45, 2.75) is 38.7 Å². The van der Waals surface area contributed by atoms with Crippen LogP contribution in [0.25, 0.3) is 0 Å². The Morgan fingerprint density at radius 1 is 1.50 bits per heavy atom. The van der Waals surface area contributed by atoms with Gasteiger partial charge in [-0.05, 0) is 6.42 Å². The van der Waals surface area contributed by atoms with Crippen molar-refractivity contribution in [1.29, 1.82) is 0 Å². The van der Waals surface area contributed by atoms with E-state index in [0.717, 1.165) is 25.5 Å². The quantitative estimate of drug-likeness (QED) is 0.266. The summed E-state index contributed by atoms with van der Waals surface area (Å²) in [6, 6.07) is 0. The Bertz CT molecular complexity index is 93.6. The van der Waals surface area contributed by atoms with E-state index in [9.17, 15) is 0 Å². The number of rotatable bonds is 5. The van der Waals surface area contributed by atoms with Gasteiger partial charge >= 0.3 is 0 Å². The van der Waals surface area contributed by atoms with Gasteiger partial charge in [-0.25, -0.2) is 0 Å². The van der Waals surface area contributed by atoms with Crippen LogP contribution in [-0.2, 0) is 0 Å². The van der Waals surface area contributed by atoms with Crippen LogP contribution in [-0.4, -0.2) is 22.6 Å². The summed E-state index contributed by atoms with van der Waals surface area (Å²) in [5.41, 5.74) is 0. The molecule has 0 radical (unpaired) electrons. The van der Waals surface area contributed by atoms with Gasteiger partial charge in [0.05, 0.1) is 12.3 Å². The van der Waals surface area contributed by atoms with Crippen LogP contribution in [0.1, 0.15) is 32.6 Å². The minimum atomic E-state index is -0.573. The summed E-state index contributed by atoms with van der Waals surface area (Å²) in [6.07, 6.45) is 4.52. The highest BCUT2D eigenvalue weighted by Gasteiger charge is 1.97. The van der Waals surface area contributed by atoms with Gasteiger partial charge in [-0.2, -0.15) is 0 Å². The number of aliphatic hydroxyl groups excluding tert-OH is 1. The maximum Gasteiger partial charge on any atom is 0.0924 e. The van der Waals surface area contributed by atoms with E-state index in [2.05, 4.69) is 12.1 Å². The van der Waals surface area contributed by atoms with E-state index < -0.39 is 6.10 Å². The van der Waals surface area contributed by atoms with Gasteiger partial charge in [0.15, 0.2) is 0 Å². The fraction of sp³-hybridized carbons (Fsp3) is 0.857. The van der Waals surface area contributed by atoms with Gasteiger partial charge in [-0.1, -0.05) is 31.3 Å². The van der Waals surface area contributed by atoms with Crippen LogP contribution < -0.4 is 0 Å². The first kappa shape index (κ1) is 9.43. The molecule has 0 aromatic heterocycles. The van der Waals surface area contributed by atoms with E-state index in [-0.39, 0.29) is 0 Å². The molecular formula is C7H15NO2. The normalized spacial score (nSPS) is 14.2. The highest BCUT2D eigenvalue weighted by atomic mass is 16.4. The summed E-state index contributed by atoms with van der Waals surface area (Å²) in [7, 11) is 0. The molecule has 3 heteroatoms. The molecule has 0 saturated heterocycles. The molecule has 60 valence electrons. The topological polar surface area (TPSA) is 52.8 Å². The van der Waals surface area contributed by atoms with Crippen LogP contribution in [0.5, 0.6) is 0 Å². The average molecular weight is 145 g/mol. The molecule has 0 aromatic carbocycles. The minimum absolute atomic E-state index is 0.573. The van der Waals surface area contributed by atoms with Crippen molar-refractivity contribution in [3.63, 3.8) is 0 Å². The fourth-order valence-electron chi connectivity index (χ4n) is 0.755. The van der Waals surface area contributed by atoms with Crippen molar-refractivity contribution in [1.82, 2.24) is 0 Å². The van der Waals surface area contributed by atoms with Gasteiger partial charge < -0.3 is 10.3 Å². The molecular weight excluding hydrogens is 130 g/mol. The second-order valence-corrected chi connectivity index (χ2v) is 2.33. The highest BCUT2D eigenvalue weighted by molar-refractivity contribution is 5.61. The number of nitrogens with zero attached hydrogens (tertiary/aromatic N) is 1. The number of hydrogen-bond acceptors (Lipinski definition) is 3. The molecule has 0 unspecified atom stereocenters. The first-order valence-corrected chi connectivity index (χ1v) is 3.67. The minimum Gasteiger partial charge on any atom is -0.411 e. The van der Waals surface area contributed by atoms with Gasteiger partial charge in [0.2, 0.25) is 0 Å². The third kappa shape index (κ3) is 5.56. The number of aliphatic hydroxyl groups is 1. The molecule has 0 aliphatic rings. The third-order valence-electron chi connectivity index (χ3n) is 1.34. The van der Waals surface area contributed by atoms with E-state index >= 15 is 0 Å². The van der Waals surface area contributed by atoms with E-state index in [0.29, 0.717) is 6.42 Å². The lowest BCUT2D eigenvalue weighted by Gasteiger charge is -2.01. The molecule has 0 fully saturated rings. The van der Waals surface area contributed by atoms with E-state index in [4.69, 9.17) is 10.3 Å². The maximum atomic E-state index is 8.97. The van der Waals surface area contributed by atoms with Gasteiger partial charge in [0.1, 0.15) is 0 Å². The summed E-state index contributed by atoms with van der Waals surface area (Å²) in [6.45, 7) is 2.10. The van der Waals surface area contributed by atoms with Gasteiger partial charge in [0, 0.05) is 0 Å². The highest BCUT2D eigenvalue weighted by Crippen LogP contribution is 2.01. The van der Waals surface area contributed by atoms with Crippen LogP contribution in [0.2, 0.25) is 0 Å². The molecule has 2 N–H and O–H groups in total. The molecule has 0 aliphatic carbocycles. The van der Waals surface area contributed by atoms with Gasteiger partial charge in [-0.3, -0.25) is 0 Å². The molecule has 0 rings (SSSR count). The molecule has 0 aromatic rings. The molecule has 0 spiro atoms. The molecule has 3 nitrogen and oxygen atoms in total. The van der Waals surface area contributed by atoms with E-state index in [1.807, 2.05) is 0 Å². The lowest BCUT2D eigenvalue weighted by Crippen LogP contribution is -2.07. The van der Waals surface area contributed by atoms with Crippen molar-refractivity contribution in [3.8, 4) is 0 Å². The fourth-order valence-corrected chi connectivity index (χ4v) is 0.755. The predicted octanol–water partition coefficient (Wildman–Crippen LogP) is 1.39. The van der Waals surface area contributed by atoms with Crippen LogP contribution in [0, 0.1) is 0 Å². The van der Waals surface area contributed by atoms with Crippen molar-refractivity contribution in [3.05, 3.63) is 0 Å². The van der Waals surface area contributed by atoms with Gasteiger partial charge in [-0.15, -0.1) is 0 Å². The van der Waals surface area contributed by atoms with Crippen molar-refractivity contribution in [2.75, 3.05) is 0 Å². The van der Waals surface area contributed by atoms with Crippen LogP contribution in [0.3, 0.4) is 0 Å². The molecule has 0 heterocycles. The van der Waals surface area contributed by atoms with E-state index in [1.165, 1.54) is 0 Å². The Balaban J connectivity index is 3.13. The molecule has 10 heavy (non-hydrogen) atoms. The SMILES string of the molecule is CCCCC[C@@H](O)/C=N/O. The molecule has 0 aliphatic heterocycles. The Morgan fingerprint density at radius 2 is 2.20 bits per heavy atom. The molecule has 1 atom stereocenters. The monoisotopic (exact) mass is 145 g/mol. The summed E-state index contributed by atoms with van der Waals surface area (Å²) >= 11 is 0. The lowest BCUT2D eigenvalue weighted by atomic mass is 10.1. The predicted molar refractivity (Wildman–Crippen MR) is 40.4 cm³/mol. The lowest BCUT2D eigenvalue weighted by molar-refractivity contribution is 0.222. The van der Waals surface area contributed by atoms with Crippen molar-refractivity contribution < 1.29 is 10.3 Å². The zero-order valence-corrected chi connectivity index (χ0v) is 6.32. The zero-order chi connectivity index (χ0) is 7.82. The molecule has 0 amide bonds. The Morgan fingerprint density at radius 3 is 2.70 bits per heavy atom. The maximum absolute atomic E-state index is 8.97. The van der Waals surface area contributed by atoms with Crippen molar-refractivity contribution >= 4 is 6.21 Å². The first-order valence-electron chi connectivity index (χ1n) is 3.67. The zero-order valence-electron chi connectivity index (χ0n) is 6.32. The smallest absolute Gasteiger partial charge is 0.0924 e. The summed E-state index contributed by atoms with van der Waals surface area (Å²) < 4.78 is 0. The number of unbranched alkanes of at least 4 members (excludes halogenated alkanes) is 2.